The molecule has 0 radical (unpaired) electrons. The van der Waals surface area contributed by atoms with E-state index in [9.17, 15) is 0 Å². The number of nitrogens with zero attached hydrogens (tertiary/aromatic N) is 3. The Kier molecular flexibility index (Phi) is 4.47. The minimum Gasteiger partial charge on any atom is -0.459 e. The van der Waals surface area contributed by atoms with E-state index >= 15 is 0 Å². The lowest BCUT2D eigenvalue weighted by molar-refractivity contribution is 0.145. The lowest BCUT2D eigenvalue weighted by Gasteiger charge is -2.18. The van der Waals surface area contributed by atoms with Crippen molar-refractivity contribution in [3.05, 3.63) is 11.4 Å². The zero-order valence-electron chi connectivity index (χ0n) is 11.2. The molecule has 100 valence electrons. The molecule has 1 aliphatic carbocycles. The molecule has 1 aliphatic rings. The first-order valence-electron chi connectivity index (χ1n) is 6.87. The summed E-state index contributed by atoms with van der Waals surface area (Å²) < 4.78 is 5.86. The predicted octanol–water partition coefficient (Wildman–Crippen LogP) is 1.50. The van der Waals surface area contributed by atoms with Gasteiger partial charge in [-0.25, -0.2) is 0 Å². The third-order valence-electron chi connectivity index (χ3n) is 3.64. The largest absolute Gasteiger partial charge is 0.459 e. The van der Waals surface area contributed by atoms with Crippen LogP contribution < -0.4 is 10.5 Å². The lowest BCUT2D eigenvalue weighted by Crippen LogP contribution is -2.28. The van der Waals surface area contributed by atoms with E-state index in [2.05, 4.69) is 29.0 Å². The van der Waals surface area contributed by atoms with Gasteiger partial charge in [0, 0.05) is 5.92 Å². The number of ether oxygens (including phenoxy) is 1. The van der Waals surface area contributed by atoms with Crippen LogP contribution in [-0.4, -0.2) is 27.8 Å². The minimum absolute atomic E-state index is 0.161. The van der Waals surface area contributed by atoms with E-state index in [1.165, 1.54) is 6.42 Å². The molecule has 2 atom stereocenters. The van der Waals surface area contributed by atoms with Crippen LogP contribution in [0.25, 0.3) is 0 Å². The van der Waals surface area contributed by atoms with E-state index in [1.54, 1.807) is 0 Å². The van der Waals surface area contributed by atoms with Gasteiger partial charge in [-0.3, -0.25) is 0 Å². The monoisotopic (exact) mass is 250 g/mol. The van der Waals surface area contributed by atoms with Crippen molar-refractivity contribution in [2.75, 3.05) is 6.54 Å². The zero-order chi connectivity index (χ0) is 13.0. The van der Waals surface area contributed by atoms with Crippen LogP contribution in [0.3, 0.4) is 0 Å². The van der Waals surface area contributed by atoms with E-state index in [-0.39, 0.29) is 6.10 Å². The maximum atomic E-state index is 5.86. The van der Waals surface area contributed by atoms with Crippen molar-refractivity contribution in [1.82, 2.24) is 15.2 Å². The van der Waals surface area contributed by atoms with Crippen molar-refractivity contribution >= 4 is 0 Å². The fraction of sp³-hybridized carbons (Fsp3) is 0.769. The zero-order valence-corrected chi connectivity index (χ0v) is 11.2. The van der Waals surface area contributed by atoms with Gasteiger partial charge in [0.15, 0.2) is 0 Å². The smallest absolute Gasteiger partial charge is 0.336 e. The highest BCUT2D eigenvalue weighted by Gasteiger charge is 2.28. The minimum atomic E-state index is 0.161. The molecule has 1 saturated carbocycles. The molecule has 0 amide bonds. The molecule has 5 heteroatoms. The Morgan fingerprint density at radius 2 is 1.94 bits per heavy atom. The molecule has 0 aliphatic heterocycles. The SMILES string of the molecule is CCc1nnc(OC2CCCC2CN)nc1CC. The Bertz CT molecular complexity index is 397. The third-order valence-corrected chi connectivity index (χ3v) is 3.64. The normalized spacial score (nSPS) is 23.3. The summed E-state index contributed by atoms with van der Waals surface area (Å²) in [6.07, 6.45) is 5.24. The first-order valence-corrected chi connectivity index (χ1v) is 6.87. The van der Waals surface area contributed by atoms with E-state index < -0.39 is 0 Å². The average molecular weight is 250 g/mol. The van der Waals surface area contributed by atoms with Crippen LogP contribution in [0.15, 0.2) is 0 Å². The fourth-order valence-corrected chi connectivity index (χ4v) is 2.53. The molecule has 2 rings (SSSR count). The highest BCUT2D eigenvalue weighted by atomic mass is 16.5. The Hall–Kier alpha value is -1.23. The van der Waals surface area contributed by atoms with Crippen molar-refractivity contribution in [2.24, 2.45) is 11.7 Å². The molecule has 0 bridgehead atoms. The summed E-state index contributed by atoms with van der Waals surface area (Å²) >= 11 is 0. The molecule has 18 heavy (non-hydrogen) atoms. The first-order chi connectivity index (χ1) is 8.78. The van der Waals surface area contributed by atoms with Crippen molar-refractivity contribution in [2.45, 2.75) is 52.1 Å². The summed E-state index contributed by atoms with van der Waals surface area (Å²) in [5.41, 5.74) is 7.70. The maximum absolute atomic E-state index is 5.86. The maximum Gasteiger partial charge on any atom is 0.336 e. The summed E-state index contributed by atoms with van der Waals surface area (Å²) in [5, 5.41) is 8.26. The van der Waals surface area contributed by atoms with Crippen LogP contribution in [0.5, 0.6) is 6.01 Å². The summed E-state index contributed by atoms with van der Waals surface area (Å²) in [4.78, 5) is 4.46. The molecule has 0 spiro atoms. The Morgan fingerprint density at radius 3 is 2.61 bits per heavy atom. The molecule has 1 aromatic rings. The van der Waals surface area contributed by atoms with Crippen molar-refractivity contribution in [3.63, 3.8) is 0 Å². The van der Waals surface area contributed by atoms with Gasteiger partial charge >= 0.3 is 6.01 Å². The van der Waals surface area contributed by atoms with Crippen molar-refractivity contribution < 1.29 is 4.74 Å². The van der Waals surface area contributed by atoms with E-state index in [0.717, 1.165) is 37.1 Å². The molecule has 5 nitrogen and oxygen atoms in total. The Balaban J connectivity index is 2.09. The molecule has 2 unspecified atom stereocenters. The molecule has 1 fully saturated rings. The van der Waals surface area contributed by atoms with Gasteiger partial charge in [0.25, 0.3) is 0 Å². The second-order valence-electron chi connectivity index (χ2n) is 4.78. The van der Waals surface area contributed by atoms with Gasteiger partial charge in [-0.1, -0.05) is 18.9 Å². The van der Waals surface area contributed by atoms with Crippen LogP contribution in [0.2, 0.25) is 0 Å². The third kappa shape index (κ3) is 2.77. The summed E-state index contributed by atoms with van der Waals surface area (Å²) in [7, 11) is 0. The first kappa shape index (κ1) is 13.2. The van der Waals surface area contributed by atoms with E-state index in [0.29, 0.717) is 18.5 Å². The van der Waals surface area contributed by atoms with Crippen LogP contribution in [0, 0.1) is 5.92 Å². The second kappa shape index (κ2) is 6.09. The Labute approximate surface area is 108 Å². The van der Waals surface area contributed by atoms with Crippen LogP contribution in [0.4, 0.5) is 0 Å². The number of aryl methyl sites for hydroxylation is 2. The van der Waals surface area contributed by atoms with E-state index in [4.69, 9.17) is 10.5 Å². The van der Waals surface area contributed by atoms with Gasteiger partial charge < -0.3 is 10.5 Å². The molecule has 1 heterocycles. The highest BCUT2D eigenvalue weighted by Crippen LogP contribution is 2.27. The molecular formula is C13H22N4O. The topological polar surface area (TPSA) is 73.9 Å². The number of hydrogen-bond acceptors (Lipinski definition) is 5. The summed E-state index contributed by atoms with van der Waals surface area (Å²) in [5.74, 6) is 0.435. The highest BCUT2D eigenvalue weighted by molar-refractivity contribution is 5.12. The molecular weight excluding hydrogens is 228 g/mol. The van der Waals surface area contributed by atoms with Crippen LogP contribution in [-0.2, 0) is 12.8 Å². The van der Waals surface area contributed by atoms with Gasteiger partial charge in [0.2, 0.25) is 0 Å². The van der Waals surface area contributed by atoms with Gasteiger partial charge in [-0.15, -0.1) is 5.10 Å². The predicted molar refractivity (Wildman–Crippen MR) is 69.4 cm³/mol. The second-order valence-corrected chi connectivity index (χ2v) is 4.78. The van der Waals surface area contributed by atoms with Crippen LogP contribution >= 0.6 is 0 Å². The summed E-state index contributed by atoms with van der Waals surface area (Å²) in [6.45, 7) is 4.81. The van der Waals surface area contributed by atoms with Gasteiger partial charge in [-0.2, -0.15) is 4.98 Å². The number of nitrogens with two attached hydrogens (primary N) is 1. The average Bonchev–Trinajstić information content (AvgIpc) is 2.85. The number of aromatic nitrogens is 3. The number of rotatable bonds is 5. The standard InChI is InChI=1S/C13H22N4O/c1-3-10-11(4-2)16-17-13(15-10)18-12-7-5-6-9(12)8-14/h9,12H,3-8,14H2,1-2H3. The van der Waals surface area contributed by atoms with Crippen LogP contribution in [0.1, 0.15) is 44.5 Å². The number of hydrogen-bond donors (Lipinski definition) is 1. The quantitative estimate of drug-likeness (QED) is 0.857. The van der Waals surface area contributed by atoms with Crippen molar-refractivity contribution in [3.8, 4) is 6.01 Å². The van der Waals surface area contributed by atoms with Gasteiger partial charge in [0.05, 0.1) is 11.4 Å². The van der Waals surface area contributed by atoms with E-state index in [1.807, 2.05) is 0 Å². The summed E-state index contributed by atoms with van der Waals surface area (Å²) in [6, 6.07) is 0.411. The molecule has 0 saturated heterocycles. The van der Waals surface area contributed by atoms with Gasteiger partial charge in [-0.05, 0) is 38.6 Å². The van der Waals surface area contributed by atoms with Crippen molar-refractivity contribution in [1.29, 1.82) is 0 Å². The van der Waals surface area contributed by atoms with Gasteiger partial charge in [0.1, 0.15) is 6.10 Å². The Morgan fingerprint density at radius 1 is 1.17 bits per heavy atom. The molecule has 1 aromatic heterocycles. The fourth-order valence-electron chi connectivity index (χ4n) is 2.53. The molecule has 0 aromatic carbocycles. The lowest BCUT2D eigenvalue weighted by atomic mass is 10.1. The molecule has 2 N–H and O–H groups in total.